The molecule has 0 radical (unpaired) electrons. The van der Waals surface area contributed by atoms with E-state index < -0.39 is 28.7 Å². The molecule has 3 heterocycles. The molecule has 1 aromatic heterocycles. The maximum absolute atomic E-state index is 13.0. The van der Waals surface area contributed by atoms with Gasteiger partial charge in [-0.15, -0.1) is 0 Å². The highest BCUT2D eigenvalue weighted by atomic mass is 35.5. The number of halogens is 1. The van der Waals surface area contributed by atoms with Crippen LogP contribution in [0, 0.1) is 12.8 Å². The van der Waals surface area contributed by atoms with Crippen LogP contribution in [0.4, 0.5) is 39.3 Å². The third-order valence-corrected chi connectivity index (χ3v) is 10.9. The first-order valence-corrected chi connectivity index (χ1v) is 20.2. The van der Waals surface area contributed by atoms with Crippen molar-refractivity contribution in [3.05, 3.63) is 53.2 Å². The van der Waals surface area contributed by atoms with Gasteiger partial charge in [0.05, 0.1) is 30.4 Å². The van der Waals surface area contributed by atoms with Gasteiger partial charge in [-0.3, -0.25) is 14.0 Å². The van der Waals surface area contributed by atoms with E-state index in [1.807, 2.05) is 29.2 Å². The van der Waals surface area contributed by atoms with Gasteiger partial charge in [0, 0.05) is 70.9 Å². The molecule has 0 aliphatic carbocycles. The van der Waals surface area contributed by atoms with Gasteiger partial charge in [-0.2, -0.15) is 4.98 Å². The van der Waals surface area contributed by atoms with Crippen molar-refractivity contribution < 1.29 is 23.3 Å². The fourth-order valence-corrected chi connectivity index (χ4v) is 7.31. The number of nitrogens with zero attached hydrogens (tertiary/aromatic N) is 6. The fourth-order valence-electron chi connectivity index (χ4n) is 6.73. The Morgan fingerprint density at radius 1 is 1.06 bits per heavy atom. The summed E-state index contributed by atoms with van der Waals surface area (Å²) >= 11 is 6.50. The van der Waals surface area contributed by atoms with E-state index in [9.17, 15) is 13.8 Å². The number of alkyl carbamates (subject to hydrolysis) is 1. The summed E-state index contributed by atoms with van der Waals surface area (Å²) in [5, 5.41) is 9.59. The second-order valence-corrected chi connectivity index (χ2v) is 16.6. The van der Waals surface area contributed by atoms with Crippen LogP contribution in [-0.4, -0.2) is 114 Å². The Kier molecular flexibility index (Phi) is 13.5. The minimum absolute atomic E-state index is 0.0824. The number of piperazine rings is 1. The minimum atomic E-state index is -1.21. The molecule has 3 N–H and O–H groups in total. The number of amides is 2. The molecule has 5 rings (SSSR count). The van der Waals surface area contributed by atoms with E-state index in [1.165, 1.54) is 6.20 Å². The summed E-state index contributed by atoms with van der Waals surface area (Å²) in [6.07, 6.45) is 4.71. The summed E-state index contributed by atoms with van der Waals surface area (Å²) in [5.74, 6) is 1.91. The Morgan fingerprint density at radius 2 is 1.74 bits per heavy atom. The second-order valence-electron chi connectivity index (χ2n) is 14.8. The molecule has 2 aliphatic heterocycles. The van der Waals surface area contributed by atoms with E-state index in [0.717, 1.165) is 68.2 Å². The number of nitrogens with one attached hydrogen (secondary N) is 3. The van der Waals surface area contributed by atoms with Gasteiger partial charge in [0.2, 0.25) is 11.9 Å². The zero-order valence-corrected chi connectivity index (χ0v) is 34.1. The van der Waals surface area contributed by atoms with Crippen LogP contribution < -0.4 is 29.9 Å². The lowest BCUT2D eigenvalue weighted by atomic mass is 9.95. The Hall–Kier alpha value is -4.34. The van der Waals surface area contributed by atoms with Crippen LogP contribution in [-0.2, 0) is 20.5 Å². The van der Waals surface area contributed by atoms with Gasteiger partial charge in [-0.25, -0.2) is 14.0 Å². The van der Waals surface area contributed by atoms with Crippen LogP contribution in [0.15, 0.2) is 42.6 Å². The standard InChI is InChI=1S/C38H54ClN9O5S/c1-25-21-30(43-36-40-23-28(39)34(44-36)42-29-11-9-10-12-31(29)45(6)54(8)51)33(52-7)22-32(25)47-15-13-27(14-16-47)24-46-17-19-48(20-18-46)35(49)26(2)41-37(50)53-38(3,4)5/h9-12,21-23,26-27H,13-20,24H2,1-8H3,(H,41,50)(H2,40,42,43,44)/t26-,54?/m0/s1. The highest BCUT2D eigenvalue weighted by Gasteiger charge is 2.29. The van der Waals surface area contributed by atoms with Crippen molar-refractivity contribution in [3.63, 3.8) is 0 Å². The molecule has 0 saturated carbocycles. The zero-order valence-electron chi connectivity index (χ0n) is 32.6. The van der Waals surface area contributed by atoms with Crippen molar-refractivity contribution in [3.8, 4) is 5.75 Å². The van der Waals surface area contributed by atoms with E-state index in [2.05, 4.69) is 54.8 Å². The molecule has 16 heteroatoms. The van der Waals surface area contributed by atoms with Crippen molar-refractivity contribution in [2.24, 2.45) is 5.92 Å². The number of benzene rings is 2. The predicted molar refractivity (Wildman–Crippen MR) is 217 cm³/mol. The number of ether oxygens (including phenoxy) is 2. The molecule has 54 heavy (non-hydrogen) atoms. The maximum atomic E-state index is 13.0. The van der Waals surface area contributed by atoms with Crippen LogP contribution in [0.1, 0.15) is 46.1 Å². The van der Waals surface area contributed by atoms with Crippen LogP contribution in [0.3, 0.4) is 0 Å². The molecule has 0 bridgehead atoms. The summed E-state index contributed by atoms with van der Waals surface area (Å²) in [6, 6.07) is 11.0. The number of aryl methyl sites for hydroxylation is 1. The number of hydrogen-bond donors (Lipinski definition) is 3. The van der Waals surface area contributed by atoms with Crippen LogP contribution in [0.5, 0.6) is 5.75 Å². The zero-order chi connectivity index (χ0) is 39.2. The molecule has 0 spiro atoms. The lowest BCUT2D eigenvalue weighted by Crippen LogP contribution is -2.55. The van der Waals surface area contributed by atoms with Crippen molar-refractivity contribution >= 4 is 69.1 Å². The molecule has 2 fully saturated rings. The Bertz CT molecular complexity index is 1810. The number of piperidine rings is 1. The van der Waals surface area contributed by atoms with Crippen LogP contribution >= 0.6 is 11.6 Å². The Morgan fingerprint density at radius 3 is 2.39 bits per heavy atom. The molecular formula is C38H54ClN9O5S. The first kappa shape index (κ1) is 40.8. The summed E-state index contributed by atoms with van der Waals surface area (Å²) < 4.78 is 25.0. The van der Waals surface area contributed by atoms with Gasteiger partial charge in [-0.05, 0) is 77.1 Å². The van der Waals surface area contributed by atoms with Gasteiger partial charge in [0.25, 0.3) is 0 Å². The summed E-state index contributed by atoms with van der Waals surface area (Å²) in [7, 11) is 2.20. The van der Waals surface area contributed by atoms with E-state index in [4.69, 9.17) is 21.1 Å². The maximum Gasteiger partial charge on any atom is 0.408 e. The van der Waals surface area contributed by atoms with E-state index in [-0.39, 0.29) is 5.91 Å². The lowest BCUT2D eigenvalue weighted by Gasteiger charge is -2.40. The van der Waals surface area contributed by atoms with Gasteiger partial charge in [0.1, 0.15) is 33.4 Å². The lowest BCUT2D eigenvalue weighted by molar-refractivity contribution is -0.134. The number of aromatic nitrogens is 2. The van der Waals surface area contributed by atoms with E-state index in [1.54, 1.807) is 52.4 Å². The number of anilines is 6. The fraction of sp³-hybridized carbons (Fsp3) is 0.526. The van der Waals surface area contributed by atoms with Gasteiger partial charge in [-0.1, -0.05) is 23.7 Å². The third-order valence-electron chi connectivity index (χ3n) is 9.65. The molecule has 14 nitrogen and oxygen atoms in total. The third kappa shape index (κ3) is 10.7. The topological polar surface area (TPSA) is 144 Å². The minimum Gasteiger partial charge on any atom is -0.494 e. The highest BCUT2D eigenvalue weighted by molar-refractivity contribution is 7.85. The summed E-state index contributed by atoms with van der Waals surface area (Å²) in [5.41, 5.74) is 3.80. The largest absolute Gasteiger partial charge is 0.494 e. The molecule has 2 saturated heterocycles. The quantitative estimate of drug-likeness (QED) is 0.201. The first-order valence-electron chi connectivity index (χ1n) is 18.3. The smallest absolute Gasteiger partial charge is 0.408 e. The van der Waals surface area contributed by atoms with Crippen LogP contribution in [0.25, 0.3) is 0 Å². The number of hydrogen-bond acceptors (Lipinski definition) is 11. The monoisotopic (exact) mass is 783 g/mol. The van der Waals surface area contributed by atoms with E-state index in [0.29, 0.717) is 47.2 Å². The number of para-hydroxylation sites is 2. The number of carbonyl (C=O) groups is 2. The van der Waals surface area contributed by atoms with Crippen molar-refractivity contribution in [2.75, 3.05) is 86.1 Å². The van der Waals surface area contributed by atoms with Gasteiger partial charge < -0.3 is 35.2 Å². The first-order chi connectivity index (χ1) is 25.6. The van der Waals surface area contributed by atoms with Crippen LogP contribution in [0.2, 0.25) is 5.02 Å². The molecule has 2 atom stereocenters. The van der Waals surface area contributed by atoms with Gasteiger partial charge in [0.15, 0.2) is 5.82 Å². The normalized spacial score (nSPS) is 16.7. The molecule has 3 aromatic rings. The van der Waals surface area contributed by atoms with Gasteiger partial charge >= 0.3 is 6.09 Å². The van der Waals surface area contributed by atoms with Crippen molar-refractivity contribution in [1.29, 1.82) is 0 Å². The SMILES string of the molecule is COc1cc(N2CCC(CN3CCN(C(=O)[C@H](C)NC(=O)OC(C)(C)C)CC3)CC2)c(C)cc1Nc1ncc(Cl)c(Nc2ccccc2N(C)S(C)=O)n1. The van der Waals surface area contributed by atoms with Crippen molar-refractivity contribution in [1.82, 2.24) is 25.1 Å². The summed E-state index contributed by atoms with van der Waals surface area (Å²) in [4.78, 5) is 40.9. The van der Waals surface area contributed by atoms with E-state index >= 15 is 0 Å². The predicted octanol–water partition coefficient (Wildman–Crippen LogP) is 5.94. The van der Waals surface area contributed by atoms with Crippen molar-refractivity contribution in [2.45, 2.75) is 59.1 Å². The molecule has 1 unspecified atom stereocenters. The Labute approximate surface area is 326 Å². The number of carbonyl (C=O) groups excluding carboxylic acids is 2. The average Bonchev–Trinajstić information content (AvgIpc) is 3.12. The Balaban J connectivity index is 1.14. The molecule has 2 amide bonds. The second kappa shape index (κ2) is 17.9. The molecule has 2 aliphatic rings. The molecular weight excluding hydrogens is 730 g/mol. The molecule has 2 aromatic carbocycles. The highest BCUT2D eigenvalue weighted by Crippen LogP contribution is 2.37. The number of methoxy groups -OCH3 is 1. The molecule has 294 valence electrons. The average molecular weight is 784 g/mol. The number of rotatable bonds is 12. The summed E-state index contributed by atoms with van der Waals surface area (Å²) in [6.45, 7) is 15.0.